The van der Waals surface area contributed by atoms with Crippen LogP contribution in [0, 0.1) is 6.92 Å². The number of hydrogen-bond donors (Lipinski definition) is 1. The summed E-state index contributed by atoms with van der Waals surface area (Å²) in [4.78, 5) is 8.77. The molecule has 1 saturated heterocycles. The van der Waals surface area contributed by atoms with Crippen LogP contribution in [0.5, 0.6) is 0 Å². The van der Waals surface area contributed by atoms with Gasteiger partial charge in [-0.05, 0) is 37.8 Å². The van der Waals surface area contributed by atoms with Crippen LogP contribution in [0.2, 0.25) is 0 Å². The Morgan fingerprint density at radius 1 is 1.39 bits per heavy atom. The van der Waals surface area contributed by atoms with E-state index in [9.17, 15) is 0 Å². The van der Waals surface area contributed by atoms with Gasteiger partial charge in [0.15, 0.2) is 5.65 Å². The van der Waals surface area contributed by atoms with Crippen molar-refractivity contribution in [2.75, 3.05) is 18.8 Å². The number of likely N-dealkylation sites (tertiary alicyclic amines) is 1. The third-order valence-corrected chi connectivity index (χ3v) is 5.34. The second-order valence-electron chi connectivity index (χ2n) is 6.32. The zero-order valence-corrected chi connectivity index (χ0v) is 14.1. The van der Waals surface area contributed by atoms with E-state index < -0.39 is 0 Å². The second kappa shape index (κ2) is 5.94. The van der Waals surface area contributed by atoms with Gasteiger partial charge in [-0.15, -0.1) is 11.3 Å². The van der Waals surface area contributed by atoms with Crippen molar-refractivity contribution in [1.29, 1.82) is 0 Å². The van der Waals surface area contributed by atoms with Gasteiger partial charge in [0.05, 0.1) is 11.4 Å². The molecule has 120 valence electrons. The smallest absolute Gasteiger partial charge is 0.157 e. The summed E-state index contributed by atoms with van der Waals surface area (Å²) in [5, 5.41) is 6.53. The molecule has 23 heavy (non-hydrogen) atoms. The zero-order valence-electron chi connectivity index (χ0n) is 13.3. The van der Waals surface area contributed by atoms with Crippen molar-refractivity contribution in [3.05, 3.63) is 45.9 Å². The molecule has 0 aromatic carbocycles. The van der Waals surface area contributed by atoms with Crippen molar-refractivity contribution in [2.24, 2.45) is 0 Å². The van der Waals surface area contributed by atoms with Crippen LogP contribution in [0.15, 0.2) is 29.6 Å². The number of anilines is 1. The van der Waals surface area contributed by atoms with Crippen LogP contribution < -0.4 is 5.73 Å². The Morgan fingerprint density at radius 3 is 3.13 bits per heavy atom. The lowest BCUT2D eigenvalue weighted by molar-refractivity contribution is 0.200. The minimum atomic E-state index is 0.450. The molecule has 1 fully saturated rings. The van der Waals surface area contributed by atoms with E-state index >= 15 is 0 Å². The molecule has 0 unspecified atom stereocenters. The molecule has 1 atom stereocenters. The van der Waals surface area contributed by atoms with Gasteiger partial charge in [0.2, 0.25) is 0 Å². The van der Waals surface area contributed by atoms with Gasteiger partial charge in [-0.2, -0.15) is 9.61 Å². The second-order valence-corrected chi connectivity index (χ2v) is 7.35. The van der Waals surface area contributed by atoms with Gasteiger partial charge in [0, 0.05) is 36.0 Å². The number of aryl methyl sites for hydroxylation is 1. The standard InChI is InChI=1S/C17H21N5S/c1-12-8-17-19-15(9-16(18)22(17)20-12)13-4-2-6-21(10-13)11-14-5-3-7-23-14/h3,5,7-9,13H,2,4,6,10-11,18H2,1H3/t13-/m1/s1. The first kappa shape index (κ1) is 14.7. The quantitative estimate of drug-likeness (QED) is 0.803. The largest absolute Gasteiger partial charge is 0.384 e. The number of aromatic nitrogens is 3. The van der Waals surface area contributed by atoms with Gasteiger partial charge < -0.3 is 5.73 Å². The third kappa shape index (κ3) is 2.96. The molecule has 0 bridgehead atoms. The Kier molecular flexibility index (Phi) is 3.79. The van der Waals surface area contributed by atoms with Gasteiger partial charge in [-0.25, -0.2) is 4.98 Å². The average Bonchev–Trinajstić information content (AvgIpc) is 3.16. The summed E-state index contributed by atoms with van der Waals surface area (Å²) in [6, 6.07) is 8.33. The molecule has 4 rings (SSSR count). The molecule has 5 nitrogen and oxygen atoms in total. The highest BCUT2D eigenvalue weighted by Gasteiger charge is 2.23. The van der Waals surface area contributed by atoms with Crippen LogP contribution in [0.4, 0.5) is 5.82 Å². The summed E-state index contributed by atoms with van der Waals surface area (Å²) in [6.45, 7) is 5.22. The molecule has 0 radical (unpaired) electrons. The average molecular weight is 327 g/mol. The fourth-order valence-corrected chi connectivity index (χ4v) is 4.15. The highest BCUT2D eigenvalue weighted by atomic mass is 32.1. The summed E-state index contributed by atoms with van der Waals surface area (Å²) >= 11 is 1.83. The van der Waals surface area contributed by atoms with E-state index in [4.69, 9.17) is 10.7 Å². The lowest BCUT2D eigenvalue weighted by Gasteiger charge is -2.32. The lowest BCUT2D eigenvalue weighted by Crippen LogP contribution is -2.34. The van der Waals surface area contributed by atoms with E-state index in [2.05, 4.69) is 27.5 Å². The summed E-state index contributed by atoms with van der Waals surface area (Å²) in [6.07, 6.45) is 2.39. The maximum atomic E-state index is 6.17. The fourth-order valence-electron chi connectivity index (χ4n) is 3.41. The number of piperidine rings is 1. The Morgan fingerprint density at radius 2 is 2.30 bits per heavy atom. The normalized spacial score (nSPS) is 19.4. The molecular formula is C17H21N5S. The highest BCUT2D eigenvalue weighted by Crippen LogP contribution is 2.28. The van der Waals surface area contributed by atoms with Crippen molar-refractivity contribution in [3.63, 3.8) is 0 Å². The highest BCUT2D eigenvalue weighted by molar-refractivity contribution is 7.09. The molecule has 0 amide bonds. The number of fused-ring (bicyclic) bond motifs is 1. The van der Waals surface area contributed by atoms with Crippen LogP contribution in [-0.2, 0) is 6.54 Å². The molecule has 3 aromatic heterocycles. The summed E-state index contributed by atoms with van der Waals surface area (Å²) in [5.74, 6) is 1.12. The SMILES string of the molecule is Cc1cc2nc([C@@H]3CCCN(Cc4cccs4)C3)cc(N)n2n1. The first-order chi connectivity index (χ1) is 11.2. The Bertz CT molecular complexity index is 808. The van der Waals surface area contributed by atoms with Crippen molar-refractivity contribution in [3.8, 4) is 0 Å². The first-order valence-corrected chi connectivity index (χ1v) is 8.94. The Hall–Kier alpha value is -1.92. The van der Waals surface area contributed by atoms with Crippen LogP contribution in [-0.4, -0.2) is 32.6 Å². The van der Waals surface area contributed by atoms with Crippen molar-refractivity contribution >= 4 is 22.8 Å². The minimum absolute atomic E-state index is 0.450. The summed E-state index contributed by atoms with van der Waals surface area (Å²) in [7, 11) is 0. The summed E-state index contributed by atoms with van der Waals surface area (Å²) in [5.41, 5.74) is 9.08. The van der Waals surface area contributed by atoms with Crippen LogP contribution in [0.1, 0.15) is 35.0 Å². The van der Waals surface area contributed by atoms with Crippen LogP contribution in [0.3, 0.4) is 0 Å². The minimum Gasteiger partial charge on any atom is -0.384 e. The van der Waals surface area contributed by atoms with Crippen molar-refractivity contribution in [1.82, 2.24) is 19.5 Å². The van der Waals surface area contributed by atoms with Crippen LogP contribution in [0.25, 0.3) is 5.65 Å². The molecule has 0 spiro atoms. The number of nitrogen functional groups attached to an aromatic ring is 1. The molecule has 1 aliphatic rings. The number of thiophene rings is 1. The topological polar surface area (TPSA) is 59.5 Å². The summed E-state index contributed by atoms with van der Waals surface area (Å²) < 4.78 is 1.73. The van der Waals surface area contributed by atoms with Crippen molar-refractivity contribution in [2.45, 2.75) is 32.2 Å². The fraction of sp³-hybridized carbons (Fsp3) is 0.412. The number of hydrogen-bond acceptors (Lipinski definition) is 5. The lowest BCUT2D eigenvalue weighted by atomic mass is 9.94. The van der Waals surface area contributed by atoms with Gasteiger partial charge in [0.1, 0.15) is 5.82 Å². The number of rotatable bonds is 3. The Balaban J connectivity index is 1.57. The predicted molar refractivity (Wildman–Crippen MR) is 93.7 cm³/mol. The van der Waals surface area contributed by atoms with E-state index in [-0.39, 0.29) is 0 Å². The van der Waals surface area contributed by atoms with E-state index in [1.807, 2.05) is 30.4 Å². The molecule has 3 aromatic rings. The van der Waals surface area contributed by atoms with Gasteiger partial charge >= 0.3 is 0 Å². The van der Waals surface area contributed by atoms with Gasteiger partial charge in [0.25, 0.3) is 0 Å². The maximum Gasteiger partial charge on any atom is 0.157 e. The molecule has 2 N–H and O–H groups in total. The number of nitrogens with zero attached hydrogens (tertiary/aromatic N) is 4. The molecule has 0 aliphatic carbocycles. The van der Waals surface area contributed by atoms with E-state index in [0.29, 0.717) is 11.7 Å². The van der Waals surface area contributed by atoms with E-state index in [1.54, 1.807) is 4.52 Å². The molecule has 1 aliphatic heterocycles. The monoisotopic (exact) mass is 327 g/mol. The first-order valence-electron chi connectivity index (χ1n) is 8.06. The van der Waals surface area contributed by atoms with Crippen LogP contribution >= 0.6 is 11.3 Å². The third-order valence-electron chi connectivity index (χ3n) is 4.48. The van der Waals surface area contributed by atoms with Gasteiger partial charge in [-0.3, -0.25) is 4.90 Å². The predicted octanol–water partition coefficient (Wildman–Crippen LogP) is 3.06. The van der Waals surface area contributed by atoms with E-state index in [1.165, 1.54) is 17.7 Å². The maximum absolute atomic E-state index is 6.17. The molecule has 4 heterocycles. The Labute approximate surface area is 139 Å². The molecular weight excluding hydrogens is 306 g/mol. The number of nitrogens with two attached hydrogens (primary N) is 1. The zero-order chi connectivity index (χ0) is 15.8. The van der Waals surface area contributed by atoms with Gasteiger partial charge in [-0.1, -0.05) is 6.07 Å². The molecule has 6 heteroatoms. The van der Waals surface area contributed by atoms with Crippen molar-refractivity contribution < 1.29 is 0 Å². The molecule has 0 saturated carbocycles. The van der Waals surface area contributed by atoms with E-state index in [0.717, 1.165) is 36.7 Å².